The molecule has 146 valence electrons. The number of halogens is 1. The van der Waals surface area contributed by atoms with Gasteiger partial charge >= 0.3 is 6.03 Å². The minimum Gasteiger partial charge on any atom is -0.489 e. The minimum atomic E-state index is -0.260. The molecule has 1 heterocycles. The van der Waals surface area contributed by atoms with Crippen LogP contribution in [0.1, 0.15) is 11.1 Å². The predicted octanol–water partition coefficient (Wildman–Crippen LogP) is 6.46. The molecule has 0 unspecified atom stereocenters. The SMILES string of the molecule is O=C(NCc1csc2ccc(Cl)cc12)Nc1ccc(OCc2ccccc2)cc1. The van der Waals surface area contributed by atoms with E-state index in [4.69, 9.17) is 16.3 Å². The number of carbonyl (C=O) groups excluding carboxylic acids is 1. The van der Waals surface area contributed by atoms with Crippen molar-refractivity contribution in [1.29, 1.82) is 0 Å². The number of anilines is 1. The number of hydrogen-bond acceptors (Lipinski definition) is 3. The summed E-state index contributed by atoms with van der Waals surface area (Å²) in [6.45, 7) is 0.942. The fourth-order valence-corrected chi connectivity index (χ4v) is 4.03. The fourth-order valence-electron chi connectivity index (χ4n) is 2.92. The van der Waals surface area contributed by atoms with Crippen molar-refractivity contribution in [2.24, 2.45) is 0 Å². The van der Waals surface area contributed by atoms with E-state index in [0.29, 0.717) is 23.9 Å². The summed E-state index contributed by atoms with van der Waals surface area (Å²) in [6.07, 6.45) is 0. The highest BCUT2D eigenvalue weighted by Gasteiger charge is 2.07. The second kappa shape index (κ2) is 8.99. The summed E-state index contributed by atoms with van der Waals surface area (Å²) in [5.41, 5.74) is 2.86. The van der Waals surface area contributed by atoms with Crippen LogP contribution >= 0.6 is 22.9 Å². The summed E-state index contributed by atoms with van der Waals surface area (Å²) in [4.78, 5) is 12.2. The zero-order valence-corrected chi connectivity index (χ0v) is 17.1. The maximum Gasteiger partial charge on any atom is 0.319 e. The molecule has 4 rings (SSSR count). The highest BCUT2D eigenvalue weighted by atomic mass is 35.5. The number of benzene rings is 3. The van der Waals surface area contributed by atoms with E-state index in [-0.39, 0.29) is 6.03 Å². The van der Waals surface area contributed by atoms with Crippen molar-refractivity contribution < 1.29 is 9.53 Å². The van der Waals surface area contributed by atoms with Crippen LogP contribution in [-0.4, -0.2) is 6.03 Å². The Morgan fingerprint density at radius 1 is 1.00 bits per heavy atom. The molecule has 0 bridgehead atoms. The van der Waals surface area contributed by atoms with Gasteiger partial charge in [0.1, 0.15) is 12.4 Å². The molecule has 4 aromatic rings. The Labute approximate surface area is 178 Å². The van der Waals surface area contributed by atoms with Crippen molar-refractivity contribution in [3.05, 3.63) is 94.3 Å². The van der Waals surface area contributed by atoms with Gasteiger partial charge in [0.15, 0.2) is 0 Å². The zero-order valence-electron chi connectivity index (χ0n) is 15.5. The van der Waals surface area contributed by atoms with Gasteiger partial charge in [-0.05, 0) is 64.4 Å². The van der Waals surface area contributed by atoms with Crippen LogP contribution in [-0.2, 0) is 13.2 Å². The molecule has 0 atom stereocenters. The lowest BCUT2D eigenvalue weighted by molar-refractivity contribution is 0.252. The summed E-state index contributed by atoms with van der Waals surface area (Å²) in [5, 5.41) is 9.53. The first kappa shape index (κ1) is 19.3. The second-order valence-electron chi connectivity index (χ2n) is 6.51. The lowest BCUT2D eigenvalue weighted by atomic mass is 10.2. The van der Waals surface area contributed by atoms with Crippen molar-refractivity contribution >= 4 is 44.7 Å². The monoisotopic (exact) mass is 422 g/mol. The normalized spacial score (nSPS) is 10.7. The fraction of sp³-hybridized carbons (Fsp3) is 0.0870. The van der Waals surface area contributed by atoms with E-state index < -0.39 is 0 Å². The molecule has 3 aromatic carbocycles. The van der Waals surface area contributed by atoms with Crippen LogP contribution in [0.2, 0.25) is 5.02 Å². The Balaban J connectivity index is 1.29. The lowest BCUT2D eigenvalue weighted by Crippen LogP contribution is -2.28. The third-order valence-electron chi connectivity index (χ3n) is 4.42. The van der Waals surface area contributed by atoms with Crippen molar-refractivity contribution in [3.63, 3.8) is 0 Å². The Morgan fingerprint density at radius 2 is 1.79 bits per heavy atom. The molecule has 0 spiro atoms. The standard InChI is InChI=1S/C23H19ClN2O2S/c24-18-6-11-22-21(12-18)17(15-29-22)13-25-23(27)26-19-7-9-20(10-8-19)28-14-16-4-2-1-3-5-16/h1-12,15H,13-14H2,(H2,25,26,27). The first-order valence-corrected chi connectivity index (χ1v) is 10.4. The number of hydrogen-bond donors (Lipinski definition) is 2. The number of nitrogens with one attached hydrogen (secondary N) is 2. The van der Waals surface area contributed by atoms with Crippen LogP contribution in [0.3, 0.4) is 0 Å². The largest absolute Gasteiger partial charge is 0.489 e. The molecule has 0 saturated carbocycles. The lowest BCUT2D eigenvalue weighted by Gasteiger charge is -2.09. The molecule has 0 aliphatic heterocycles. The van der Waals surface area contributed by atoms with Gasteiger partial charge in [0.2, 0.25) is 0 Å². The topological polar surface area (TPSA) is 50.4 Å². The number of ether oxygens (including phenoxy) is 1. The van der Waals surface area contributed by atoms with Gasteiger partial charge < -0.3 is 15.4 Å². The number of thiophene rings is 1. The molecule has 29 heavy (non-hydrogen) atoms. The first-order chi connectivity index (χ1) is 14.2. The van der Waals surface area contributed by atoms with Gasteiger partial charge in [-0.15, -0.1) is 11.3 Å². The number of carbonyl (C=O) groups is 1. The van der Waals surface area contributed by atoms with Crippen LogP contribution in [0.4, 0.5) is 10.5 Å². The molecule has 2 amide bonds. The van der Waals surface area contributed by atoms with Gasteiger partial charge in [-0.1, -0.05) is 41.9 Å². The molecule has 0 radical (unpaired) electrons. The van der Waals surface area contributed by atoms with E-state index in [1.165, 1.54) is 0 Å². The summed E-state index contributed by atoms with van der Waals surface area (Å²) >= 11 is 7.72. The number of fused-ring (bicyclic) bond motifs is 1. The van der Waals surface area contributed by atoms with E-state index in [1.54, 1.807) is 11.3 Å². The van der Waals surface area contributed by atoms with E-state index in [2.05, 4.69) is 10.6 Å². The Kier molecular flexibility index (Phi) is 5.98. The van der Waals surface area contributed by atoms with E-state index in [1.807, 2.05) is 78.2 Å². The summed E-state index contributed by atoms with van der Waals surface area (Å²) in [6, 6.07) is 22.8. The Morgan fingerprint density at radius 3 is 2.59 bits per heavy atom. The van der Waals surface area contributed by atoms with Gasteiger partial charge in [-0.3, -0.25) is 0 Å². The van der Waals surface area contributed by atoms with E-state index >= 15 is 0 Å². The number of rotatable bonds is 6. The summed E-state index contributed by atoms with van der Waals surface area (Å²) in [5.74, 6) is 0.751. The first-order valence-electron chi connectivity index (χ1n) is 9.15. The van der Waals surface area contributed by atoms with E-state index in [9.17, 15) is 4.79 Å². The highest BCUT2D eigenvalue weighted by molar-refractivity contribution is 7.17. The van der Waals surface area contributed by atoms with Crippen molar-refractivity contribution in [3.8, 4) is 5.75 Å². The van der Waals surface area contributed by atoms with Gasteiger partial charge in [0.25, 0.3) is 0 Å². The molecule has 6 heteroatoms. The van der Waals surface area contributed by atoms with Crippen molar-refractivity contribution in [2.75, 3.05) is 5.32 Å². The summed E-state index contributed by atoms with van der Waals surface area (Å²) < 4.78 is 6.91. The minimum absolute atomic E-state index is 0.260. The molecule has 0 aliphatic rings. The third-order valence-corrected chi connectivity index (χ3v) is 5.66. The molecule has 1 aromatic heterocycles. The molecule has 0 saturated heterocycles. The van der Waals surface area contributed by atoms with E-state index in [0.717, 1.165) is 27.0 Å². The van der Waals surface area contributed by atoms with Gasteiger partial charge in [0.05, 0.1) is 0 Å². The number of urea groups is 1. The smallest absolute Gasteiger partial charge is 0.319 e. The molecular formula is C23H19ClN2O2S. The Bertz CT molecular complexity index is 1110. The van der Waals surface area contributed by atoms with Crippen molar-refractivity contribution in [2.45, 2.75) is 13.2 Å². The van der Waals surface area contributed by atoms with Crippen LogP contribution < -0.4 is 15.4 Å². The van der Waals surface area contributed by atoms with Crippen LogP contribution in [0.15, 0.2) is 78.2 Å². The summed E-state index contributed by atoms with van der Waals surface area (Å²) in [7, 11) is 0. The highest BCUT2D eigenvalue weighted by Crippen LogP contribution is 2.28. The maximum atomic E-state index is 12.2. The van der Waals surface area contributed by atoms with Gasteiger partial charge in [0, 0.05) is 22.0 Å². The van der Waals surface area contributed by atoms with Crippen molar-refractivity contribution in [1.82, 2.24) is 5.32 Å². The predicted molar refractivity (Wildman–Crippen MR) is 120 cm³/mol. The second-order valence-corrected chi connectivity index (χ2v) is 7.86. The quantitative estimate of drug-likeness (QED) is 0.375. The molecule has 4 nitrogen and oxygen atoms in total. The van der Waals surface area contributed by atoms with Crippen LogP contribution in [0.5, 0.6) is 5.75 Å². The molecule has 0 aliphatic carbocycles. The van der Waals surface area contributed by atoms with Crippen LogP contribution in [0.25, 0.3) is 10.1 Å². The zero-order chi connectivity index (χ0) is 20.1. The molecule has 0 fully saturated rings. The maximum absolute atomic E-state index is 12.2. The third kappa shape index (κ3) is 5.08. The Hall–Kier alpha value is -3.02. The molecule has 2 N–H and O–H groups in total. The average Bonchev–Trinajstić information content (AvgIpc) is 3.14. The average molecular weight is 423 g/mol. The van der Waals surface area contributed by atoms with Gasteiger partial charge in [-0.2, -0.15) is 0 Å². The van der Waals surface area contributed by atoms with Crippen LogP contribution in [0, 0.1) is 0 Å². The molecular weight excluding hydrogens is 404 g/mol. The van der Waals surface area contributed by atoms with Gasteiger partial charge in [-0.25, -0.2) is 4.79 Å². The number of amides is 2.